The summed E-state index contributed by atoms with van der Waals surface area (Å²) in [5.41, 5.74) is 0. The van der Waals surface area contributed by atoms with Crippen molar-refractivity contribution < 1.29 is 9.53 Å². The molecule has 2 unspecified atom stereocenters. The molecule has 98 valence electrons. The summed E-state index contributed by atoms with van der Waals surface area (Å²) in [7, 11) is 0. The Kier molecular flexibility index (Phi) is 4.40. The highest BCUT2D eigenvalue weighted by Gasteiger charge is 2.30. The number of amides is 1. The Labute approximate surface area is 104 Å². The van der Waals surface area contributed by atoms with Crippen molar-refractivity contribution in [2.45, 2.75) is 32.8 Å². The van der Waals surface area contributed by atoms with Crippen LogP contribution in [-0.2, 0) is 9.53 Å². The van der Waals surface area contributed by atoms with Crippen molar-refractivity contribution in [3.8, 4) is 0 Å². The molecule has 1 N–H and O–H groups in total. The number of nitrogens with one attached hydrogen (secondary N) is 1. The van der Waals surface area contributed by atoms with E-state index in [0.29, 0.717) is 18.4 Å². The molecule has 0 spiro atoms. The molecule has 4 heteroatoms. The SMILES string of the molecule is CC(C)C1CN(C(=O)C2CCCNC2)CCO1. The van der Waals surface area contributed by atoms with E-state index in [4.69, 9.17) is 4.74 Å². The smallest absolute Gasteiger partial charge is 0.227 e. The number of ether oxygens (including phenoxy) is 1. The van der Waals surface area contributed by atoms with E-state index in [-0.39, 0.29) is 12.0 Å². The summed E-state index contributed by atoms with van der Waals surface area (Å²) in [6.07, 6.45) is 2.37. The summed E-state index contributed by atoms with van der Waals surface area (Å²) in [5, 5.41) is 3.31. The van der Waals surface area contributed by atoms with Gasteiger partial charge in [0.25, 0.3) is 0 Å². The summed E-state index contributed by atoms with van der Waals surface area (Å²) in [4.78, 5) is 14.4. The number of morpholine rings is 1. The molecule has 1 amide bonds. The van der Waals surface area contributed by atoms with Gasteiger partial charge in [-0.2, -0.15) is 0 Å². The molecule has 0 aromatic rings. The summed E-state index contributed by atoms with van der Waals surface area (Å²) < 4.78 is 5.70. The number of hydrogen-bond acceptors (Lipinski definition) is 3. The first-order valence-electron chi connectivity index (χ1n) is 6.79. The van der Waals surface area contributed by atoms with Crippen LogP contribution in [0.3, 0.4) is 0 Å². The molecule has 2 fully saturated rings. The fraction of sp³-hybridized carbons (Fsp3) is 0.923. The van der Waals surface area contributed by atoms with E-state index in [1.54, 1.807) is 0 Å². The van der Waals surface area contributed by atoms with E-state index < -0.39 is 0 Å². The molecule has 0 saturated carbocycles. The van der Waals surface area contributed by atoms with Crippen LogP contribution in [0.25, 0.3) is 0 Å². The Bertz CT molecular complexity index is 262. The Balaban J connectivity index is 1.89. The molecule has 17 heavy (non-hydrogen) atoms. The van der Waals surface area contributed by atoms with Gasteiger partial charge >= 0.3 is 0 Å². The van der Waals surface area contributed by atoms with Crippen LogP contribution in [0.2, 0.25) is 0 Å². The first-order chi connectivity index (χ1) is 8.18. The van der Waals surface area contributed by atoms with Crippen LogP contribution in [0, 0.1) is 11.8 Å². The maximum Gasteiger partial charge on any atom is 0.227 e. The molecule has 2 atom stereocenters. The highest BCUT2D eigenvalue weighted by atomic mass is 16.5. The molecule has 2 aliphatic rings. The summed E-state index contributed by atoms with van der Waals surface area (Å²) in [6, 6.07) is 0. The lowest BCUT2D eigenvalue weighted by Crippen LogP contribution is -2.51. The van der Waals surface area contributed by atoms with Gasteiger partial charge in [0.2, 0.25) is 5.91 Å². The molecule has 0 aliphatic carbocycles. The van der Waals surface area contributed by atoms with E-state index in [9.17, 15) is 4.79 Å². The Hall–Kier alpha value is -0.610. The lowest BCUT2D eigenvalue weighted by molar-refractivity contribution is -0.145. The maximum atomic E-state index is 12.4. The average Bonchev–Trinajstić information content (AvgIpc) is 2.39. The van der Waals surface area contributed by atoms with Crippen LogP contribution < -0.4 is 5.32 Å². The second-order valence-electron chi connectivity index (χ2n) is 5.48. The third-order valence-electron chi connectivity index (χ3n) is 3.79. The number of piperidine rings is 1. The van der Waals surface area contributed by atoms with Gasteiger partial charge in [-0.15, -0.1) is 0 Å². The molecular weight excluding hydrogens is 216 g/mol. The number of carbonyl (C=O) groups is 1. The van der Waals surface area contributed by atoms with Crippen LogP contribution in [0.15, 0.2) is 0 Å². The van der Waals surface area contributed by atoms with Crippen molar-refractivity contribution in [1.29, 1.82) is 0 Å². The third kappa shape index (κ3) is 3.19. The molecule has 0 radical (unpaired) electrons. The second kappa shape index (κ2) is 5.83. The molecular formula is C13H24N2O2. The first-order valence-corrected chi connectivity index (χ1v) is 6.79. The minimum Gasteiger partial charge on any atom is -0.374 e. The lowest BCUT2D eigenvalue weighted by Gasteiger charge is -2.37. The third-order valence-corrected chi connectivity index (χ3v) is 3.79. The van der Waals surface area contributed by atoms with Gasteiger partial charge in [0.15, 0.2) is 0 Å². The Morgan fingerprint density at radius 3 is 2.94 bits per heavy atom. The fourth-order valence-corrected chi connectivity index (χ4v) is 2.60. The largest absolute Gasteiger partial charge is 0.374 e. The normalized spacial score (nSPS) is 30.6. The molecule has 4 nitrogen and oxygen atoms in total. The van der Waals surface area contributed by atoms with Gasteiger partial charge in [-0.3, -0.25) is 4.79 Å². The molecule has 0 aromatic heterocycles. The second-order valence-corrected chi connectivity index (χ2v) is 5.48. The van der Waals surface area contributed by atoms with Crippen LogP contribution in [-0.4, -0.2) is 49.7 Å². The van der Waals surface area contributed by atoms with Gasteiger partial charge in [0.1, 0.15) is 0 Å². The summed E-state index contributed by atoms with van der Waals surface area (Å²) in [6.45, 7) is 8.44. The highest BCUT2D eigenvalue weighted by Crippen LogP contribution is 2.18. The highest BCUT2D eigenvalue weighted by molar-refractivity contribution is 5.79. The maximum absolute atomic E-state index is 12.4. The zero-order valence-corrected chi connectivity index (χ0v) is 10.9. The monoisotopic (exact) mass is 240 g/mol. The van der Waals surface area contributed by atoms with Gasteiger partial charge in [0, 0.05) is 19.6 Å². The standard InChI is InChI=1S/C13H24N2O2/c1-10(2)12-9-15(6-7-17-12)13(16)11-4-3-5-14-8-11/h10-12,14H,3-9H2,1-2H3. The van der Waals surface area contributed by atoms with E-state index in [1.165, 1.54) is 0 Å². The van der Waals surface area contributed by atoms with E-state index in [2.05, 4.69) is 19.2 Å². The van der Waals surface area contributed by atoms with E-state index in [1.807, 2.05) is 4.90 Å². The van der Waals surface area contributed by atoms with Crippen LogP contribution in [0.1, 0.15) is 26.7 Å². The zero-order valence-electron chi connectivity index (χ0n) is 10.9. The molecule has 2 heterocycles. The predicted molar refractivity (Wildman–Crippen MR) is 66.8 cm³/mol. The van der Waals surface area contributed by atoms with Gasteiger partial charge in [-0.1, -0.05) is 13.8 Å². The first kappa shape index (κ1) is 12.8. The van der Waals surface area contributed by atoms with Gasteiger partial charge in [0.05, 0.1) is 18.6 Å². The minimum absolute atomic E-state index is 0.190. The Morgan fingerprint density at radius 1 is 1.47 bits per heavy atom. The van der Waals surface area contributed by atoms with Gasteiger partial charge in [-0.05, 0) is 25.3 Å². The van der Waals surface area contributed by atoms with Crippen molar-refractivity contribution >= 4 is 5.91 Å². The van der Waals surface area contributed by atoms with Crippen molar-refractivity contribution in [2.24, 2.45) is 11.8 Å². The number of rotatable bonds is 2. The summed E-state index contributed by atoms with van der Waals surface area (Å²) in [5.74, 6) is 0.996. The average molecular weight is 240 g/mol. The van der Waals surface area contributed by atoms with Crippen LogP contribution >= 0.6 is 0 Å². The predicted octanol–water partition coefficient (Wildman–Crippen LogP) is 0.869. The van der Waals surface area contributed by atoms with Crippen molar-refractivity contribution in [2.75, 3.05) is 32.8 Å². The molecule has 2 rings (SSSR count). The fourth-order valence-electron chi connectivity index (χ4n) is 2.60. The molecule has 2 aliphatic heterocycles. The number of hydrogen-bond donors (Lipinski definition) is 1. The Morgan fingerprint density at radius 2 is 2.29 bits per heavy atom. The number of nitrogens with zero attached hydrogens (tertiary/aromatic N) is 1. The van der Waals surface area contributed by atoms with Gasteiger partial charge in [-0.25, -0.2) is 0 Å². The van der Waals surface area contributed by atoms with Crippen LogP contribution in [0.4, 0.5) is 0 Å². The quantitative estimate of drug-likeness (QED) is 0.778. The molecule has 2 saturated heterocycles. The topological polar surface area (TPSA) is 41.6 Å². The molecule has 0 aromatic carbocycles. The minimum atomic E-state index is 0.190. The van der Waals surface area contributed by atoms with Gasteiger partial charge < -0.3 is 15.0 Å². The lowest BCUT2D eigenvalue weighted by atomic mass is 9.97. The van der Waals surface area contributed by atoms with Crippen molar-refractivity contribution in [3.63, 3.8) is 0 Å². The molecule has 0 bridgehead atoms. The summed E-state index contributed by atoms with van der Waals surface area (Å²) >= 11 is 0. The van der Waals surface area contributed by atoms with Crippen molar-refractivity contribution in [3.05, 3.63) is 0 Å². The van der Waals surface area contributed by atoms with E-state index >= 15 is 0 Å². The number of carbonyl (C=O) groups excluding carboxylic acids is 1. The van der Waals surface area contributed by atoms with Crippen LogP contribution in [0.5, 0.6) is 0 Å². The van der Waals surface area contributed by atoms with Crippen molar-refractivity contribution in [1.82, 2.24) is 10.2 Å². The van der Waals surface area contributed by atoms with E-state index in [0.717, 1.165) is 39.0 Å². The zero-order chi connectivity index (χ0) is 12.3.